The van der Waals surface area contributed by atoms with Gasteiger partial charge in [-0.05, 0) is 38.9 Å². The average Bonchev–Trinajstić information content (AvgIpc) is 1.96. The van der Waals surface area contributed by atoms with Gasteiger partial charge in [0.25, 0.3) is 0 Å². The molecule has 0 bridgehead atoms. The van der Waals surface area contributed by atoms with Gasteiger partial charge in [0.2, 0.25) is 0 Å². The van der Waals surface area contributed by atoms with Crippen LogP contribution in [-0.4, -0.2) is 31.0 Å². The maximum absolute atomic E-state index is 8.67. The first-order chi connectivity index (χ1) is 5.27. The lowest BCUT2D eigenvalue weighted by molar-refractivity contribution is 0.171. The molecule has 0 saturated heterocycles. The highest BCUT2D eigenvalue weighted by atomic mass is 16.3. The smallest absolute Gasteiger partial charge is 0.103 e. The van der Waals surface area contributed by atoms with Gasteiger partial charge in [0.1, 0.15) is 6.23 Å². The normalized spacial score (nSPS) is 13.4. The van der Waals surface area contributed by atoms with E-state index >= 15 is 0 Å². The van der Waals surface area contributed by atoms with Crippen molar-refractivity contribution in [2.45, 2.75) is 25.5 Å². The Morgan fingerprint density at radius 3 is 2.55 bits per heavy atom. The van der Waals surface area contributed by atoms with Crippen molar-refractivity contribution < 1.29 is 5.11 Å². The molecular weight excluding hydrogens is 142 g/mol. The fourth-order valence-electron chi connectivity index (χ4n) is 0.769. The number of nitrogens with two attached hydrogens (primary N) is 2. The van der Waals surface area contributed by atoms with Crippen LogP contribution in [0.4, 0.5) is 0 Å². The molecule has 0 saturated carbocycles. The highest BCUT2D eigenvalue weighted by Crippen LogP contribution is 1.83. The Bertz CT molecular complexity index is 78.1. The molecule has 0 aliphatic rings. The summed E-state index contributed by atoms with van der Waals surface area (Å²) < 4.78 is 0. The molecule has 0 aliphatic carbocycles. The monoisotopic (exact) mass is 161 g/mol. The summed E-state index contributed by atoms with van der Waals surface area (Å²) in [5, 5.41) is 11.8. The average molecular weight is 161 g/mol. The van der Waals surface area contributed by atoms with Gasteiger partial charge in [-0.3, -0.25) is 0 Å². The van der Waals surface area contributed by atoms with Crippen LogP contribution in [0.25, 0.3) is 0 Å². The minimum Gasteiger partial charge on any atom is -0.379 e. The molecule has 1 atom stereocenters. The molecule has 0 aliphatic heterocycles. The number of unbranched alkanes of at least 4 members (excludes halogenated alkanes) is 1. The van der Waals surface area contributed by atoms with E-state index < -0.39 is 6.23 Å². The quantitative estimate of drug-likeness (QED) is 0.284. The lowest BCUT2D eigenvalue weighted by atomic mass is 10.3. The lowest BCUT2D eigenvalue weighted by Gasteiger charge is -2.05. The Labute approximate surface area is 68.0 Å². The summed E-state index contributed by atoms with van der Waals surface area (Å²) in [6.45, 7) is 2.49. The van der Waals surface area contributed by atoms with Gasteiger partial charge < -0.3 is 21.9 Å². The van der Waals surface area contributed by atoms with Gasteiger partial charge in [0.15, 0.2) is 0 Å². The molecule has 4 heteroatoms. The van der Waals surface area contributed by atoms with Crippen LogP contribution in [0, 0.1) is 0 Å². The van der Waals surface area contributed by atoms with Crippen molar-refractivity contribution in [3.63, 3.8) is 0 Å². The summed E-state index contributed by atoms with van der Waals surface area (Å²) in [7, 11) is 0. The van der Waals surface area contributed by atoms with Gasteiger partial charge in [0.05, 0.1) is 0 Å². The number of aliphatic hydroxyl groups is 1. The van der Waals surface area contributed by atoms with Crippen LogP contribution in [0.5, 0.6) is 0 Å². The van der Waals surface area contributed by atoms with Crippen LogP contribution >= 0.6 is 0 Å². The van der Waals surface area contributed by atoms with Crippen molar-refractivity contribution in [3.05, 3.63) is 0 Å². The van der Waals surface area contributed by atoms with Gasteiger partial charge in [-0.15, -0.1) is 0 Å². The second kappa shape index (κ2) is 7.94. The third-order valence-corrected chi connectivity index (χ3v) is 1.42. The lowest BCUT2D eigenvalue weighted by Crippen LogP contribution is -2.26. The Morgan fingerprint density at radius 2 is 2.00 bits per heavy atom. The molecule has 0 aromatic carbocycles. The molecule has 11 heavy (non-hydrogen) atoms. The highest BCUT2D eigenvalue weighted by molar-refractivity contribution is 4.51. The van der Waals surface area contributed by atoms with Crippen molar-refractivity contribution >= 4 is 0 Å². The van der Waals surface area contributed by atoms with E-state index in [0.717, 1.165) is 32.5 Å². The zero-order chi connectivity index (χ0) is 8.53. The largest absolute Gasteiger partial charge is 0.379 e. The predicted octanol–water partition coefficient (Wildman–Crippen LogP) is -1.02. The molecule has 0 spiro atoms. The van der Waals surface area contributed by atoms with Crippen LogP contribution < -0.4 is 16.8 Å². The molecule has 1 unspecified atom stereocenters. The maximum Gasteiger partial charge on any atom is 0.103 e. The molecule has 0 heterocycles. The number of hydrogen-bond donors (Lipinski definition) is 4. The summed E-state index contributed by atoms with van der Waals surface area (Å²) in [6.07, 6.45) is 2.08. The summed E-state index contributed by atoms with van der Waals surface area (Å²) in [5.74, 6) is 0. The summed E-state index contributed by atoms with van der Waals surface area (Å²) in [6, 6.07) is 0. The minimum absolute atomic E-state index is 0.614. The predicted molar refractivity (Wildman–Crippen MR) is 46.0 cm³/mol. The van der Waals surface area contributed by atoms with Gasteiger partial charge in [0, 0.05) is 0 Å². The molecule has 0 amide bonds. The zero-order valence-corrected chi connectivity index (χ0v) is 6.92. The molecule has 0 rings (SSSR count). The number of rotatable bonds is 7. The van der Waals surface area contributed by atoms with Crippen LogP contribution in [0.2, 0.25) is 0 Å². The Hall–Kier alpha value is -0.160. The van der Waals surface area contributed by atoms with Crippen molar-refractivity contribution in [3.8, 4) is 0 Å². The third kappa shape index (κ3) is 9.84. The molecule has 0 aromatic heterocycles. The first-order valence-corrected chi connectivity index (χ1v) is 4.12. The van der Waals surface area contributed by atoms with E-state index in [9.17, 15) is 0 Å². The van der Waals surface area contributed by atoms with Gasteiger partial charge >= 0.3 is 0 Å². The fraction of sp³-hybridized carbons (Fsp3) is 1.00. The summed E-state index contributed by atoms with van der Waals surface area (Å²) in [4.78, 5) is 0. The molecule has 0 fully saturated rings. The molecule has 0 radical (unpaired) electrons. The van der Waals surface area contributed by atoms with E-state index in [1.165, 1.54) is 0 Å². The highest BCUT2D eigenvalue weighted by Gasteiger charge is 1.93. The van der Waals surface area contributed by atoms with Crippen LogP contribution in [0.1, 0.15) is 19.3 Å². The van der Waals surface area contributed by atoms with E-state index in [4.69, 9.17) is 16.6 Å². The molecule has 4 nitrogen and oxygen atoms in total. The Balaban J connectivity index is 2.80. The second-order valence-electron chi connectivity index (χ2n) is 2.60. The Kier molecular flexibility index (Phi) is 7.83. The van der Waals surface area contributed by atoms with Gasteiger partial charge in [-0.1, -0.05) is 0 Å². The SMILES string of the molecule is NCCCCNCCC(N)O. The van der Waals surface area contributed by atoms with E-state index in [0.29, 0.717) is 6.42 Å². The summed E-state index contributed by atoms with van der Waals surface area (Å²) >= 11 is 0. The topological polar surface area (TPSA) is 84.3 Å². The summed E-state index contributed by atoms with van der Waals surface area (Å²) in [5.41, 5.74) is 10.4. The number of nitrogens with one attached hydrogen (secondary N) is 1. The van der Waals surface area contributed by atoms with Crippen LogP contribution in [0.3, 0.4) is 0 Å². The van der Waals surface area contributed by atoms with Crippen LogP contribution in [-0.2, 0) is 0 Å². The molecule has 0 aromatic rings. The molecule has 68 valence electrons. The minimum atomic E-state index is -0.683. The van der Waals surface area contributed by atoms with E-state index in [2.05, 4.69) is 5.32 Å². The first kappa shape index (κ1) is 10.8. The first-order valence-electron chi connectivity index (χ1n) is 4.12. The van der Waals surface area contributed by atoms with E-state index in [1.54, 1.807) is 0 Å². The zero-order valence-electron chi connectivity index (χ0n) is 6.92. The van der Waals surface area contributed by atoms with Crippen molar-refractivity contribution in [2.75, 3.05) is 19.6 Å². The second-order valence-corrected chi connectivity index (χ2v) is 2.60. The standard InChI is InChI=1S/C7H19N3O/c8-4-1-2-5-10-6-3-7(9)11/h7,10-11H,1-6,8-9H2. The van der Waals surface area contributed by atoms with Gasteiger partial charge in [-0.25, -0.2) is 0 Å². The van der Waals surface area contributed by atoms with Gasteiger partial charge in [-0.2, -0.15) is 0 Å². The van der Waals surface area contributed by atoms with E-state index in [-0.39, 0.29) is 0 Å². The number of aliphatic hydroxyl groups excluding tert-OH is 1. The van der Waals surface area contributed by atoms with Crippen molar-refractivity contribution in [1.82, 2.24) is 5.32 Å². The van der Waals surface area contributed by atoms with Crippen molar-refractivity contribution in [1.29, 1.82) is 0 Å². The Morgan fingerprint density at radius 1 is 1.27 bits per heavy atom. The molecule has 6 N–H and O–H groups in total. The fourth-order valence-corrected chi connectivity index (χ4v) is 0.769. The molecular formula is C7H19N3O. The van der Waals surface area contributed by atoms with Crippen molar-refractivity contribution in [2.24, 2.45) is 11.5 Å². The van der Waals surface area contributed by atoms with Crippen LogP contribution in [0.15, 0.2) is 0 Å². The third-order valence-electron chi connectivity index (χ3n) is 1.42. The number of hydrogen-bond acceptors (Lipinski definition) is 4. The van der Waals surface area contributed by atoms with E-state index in [1.807, 2.05) is 0 Å². The maximum atomic E-state index is 8.67.